The van der Waals surface area contributed by atoms with Gasteiger partial charge in [0.05, 0.1) is 11.9 Å². The fraction of sp³-hybridized carbons (Fsp3) is 0.250. The average Bonchev–Trinajstić information content (AvgIpc) is 3.17. The molecule has 2 aliphatic heterocycles. The molecule has 0 N–H and O–H groups in total. The first kappa shape index (κ1) is 17.7. The Kier molecular flexibility index (Phi) is 4.43. The fourth-order valence-corrected chi connectivity index (χ4v) is 4.11. The largest absolute Gasteiger partial charge is 0.488 e. The van der Waals surface area contributed by atoms with E-state index in [-0.39, 0.29) is 12.5 Å². The minimum Gasteiger partial charge on any atom is -0.488 e. The molecule has 5 heteroatoms. The maximum Gasteiger partial charge on any atom is 0.244 e. The monoisotopic (exact) mass is 385 g/mol. The lowest BCUT2D eigenvalue weighted by Crippen LogP contribution is -2.37. The molecule has 0 saturated carbocycles. The van der Waals surface area contributed by atoms with Gasteiger partial charge < -0.3 is 9.64 Å². The molecule has 3 heterocycles. The first-order chi connectivity index (χ1) is 14.2. The van der Waals surface area contributed by atoms with E-state index >= 15 is 0 Å². The van der Waals surface area contributed by atoms with Gasteiger partial charge in [-0.05, 0) is 36.6 Å². The zero-order valence-electron chi connectivity index (χ0n) is 16.5. The molecule has 3 aromatic rings. The summed E-state index contributed by atoms with van der Waals surface area (Å²) in [7, 11) is 0. The maximum atomic E-state index is 13.0. The predicted molar refractivity (Wildman–Crippen MR) is 112 cm³/mol. The van der Waals surface area contributed by atoms with E-state index in [4.69, 9.17) is 4.74 Å². The summed E-state index contributed by atoms with van der Waals surface area (Å²) in [6, 6.07) is 16.5. The van der Waals surface area contributed by atoms with Crippen molar-refractivity contribution in [3.63, 3.8) is 0 Å². The van der Waals surface area contributed by atoms with Gasteiger partial charge in [0.1, 0.15) is 18.9 Å². The second kappa shape index (κ2) is 7.24. The smallest absolute Gasteiger partial charge is 0.244 e. The minimum absolute atomic E-state index is 0.0972. The van der Waals surface area contributed by atoms with Crippen molar-refractivity contribution in [2.45, 2.75) is 26.5 Å². The molecule has 0 aliphatic carbocycles. The van der Waals surface area contributed by atoms with Gasteiger partial charge in [-0.15, -0.1) is 0 Å². The molecule has 0 atom stereocenters. The molecule has 0 unspecified atom stereocenters. The van der Waals surface area contributed by atoms with E-state index < -0.39 is 0 Å². The van der Waals surface area contributed by atoms with E-state index in [1.54, 1.807) is 0 Å². The lowest BCUT2D eigenvalue weighted by molar-refractivity contribution is -0.131. The fourth-order valence-electron chi connectivity index (χ4n) is 4.11. The Labute approximate surface area is 170 Å². The Morgan fingerprint density at radius 1 is 1.17 bits per heavy atom. The molecule has 29 heavy (non-hydrogen) atoms. The molecule has 5 nitrogen and oxygen atoms in total. The Morgan fingerprint density at radius 3 is 2.83 bits per heavy atom. The number of amides is 1. The average molecular weight is 385 g/mol. The number of aryl methyl sites for hydroxylation is 1. The quantitative estimate of drug-likeness (QED) is 0.683. The minimum atomic E-state index is 0.0972. The highest BCUT2D eigenvalue weighted by atomic mass is 16.5. The molecule has 0 spiro atoms. The number of carbonyl (C=O) groups excluding carboxylic acids is 1. The van der Waals surface area contributed by atoms with E-state index in [2.05, 4.69) is 48.4 Å². The van der Waals surface area contributed by atoms with Crippen LogP contribution in [0, 0.1) is 6.92 Å². The van der Waals surface area contributed by atoms with Crippen molar-refractivity contribution in [1.29, 1.82) is 0 Å². The maximum absolute atomic E-state index is 13.0. The summed E-state index contributed by atoms with van der Waals surface area (Å²) < 4.78 is 7.67. The van der Waals surface area contributed by atoms with E-state index in [1.165, 1.54) is 11.1 Å². The second-order valence-corrected chi connectivity index (χ2v) is 7.65. The van der Waals surface area contributed by atoms with Crippen LogP contribution in [0.3, 0.4) is 0 Å². The van der Waals surface area contributed by atoms with Crippen LogP contribution in [-0.2, 0) is 17.9 Å². The van der Waals surface area contributed by atoms with Gasteiger partial charge in [-0.25, -0.2) is 0 Å². The number of benzene rings is 2. The Hall–Kier alpha value is -3.34. The van der Waals surface area contributed by atoms with Gasteiger partial charge in [0.15, 0.2) is 0 Å². The molecule has 2 aliphatic rings. The molecule has 2 aromatic carbocycles. The molecule has 0 saturated heterocycles. The summed E-state index contributed by atoms with van der Waals surface area (Å²) in [5.74, 6) is 0.950. The summed E-state index contributed by atoms with van der Waals surface area (Å²) in [6.45, 7) is 4.18. The van der Waals surface area contributed by atoms with Crippen molar-refractivity contribution < 1.29 is 9.53 Å². The standard InChI is InChI=1S/C24H23N3O2/c1-17-7-8-22-21(13-17)24-20(16-29-22)14-25-27(24)15-23(28)26-11-9-19(10-12-26)18-5-3-2-4-6-18/h2-9,13-14H,10-12,15-16H2,1H3. The number of nitrogens with zero attached hydrogens (tertiary/aromatic N) is 3. The second-order valence-electron chi connectivity index (χ2n) is 7.65. The molecular weight excluding hydrogens is 362 g/mol. The van der Waals surface area contributed by atoms with Crippen LogP contribution in [-0.4, -0.2) is 33.7 Å². The number of hydrogen-bond acceptors (Lipinski definition) is 3. The molecule has 1 aromatic heterocycles. The highest BCUT2D eigenvalue weighted by Crippen LogP contribution is 2.38. The van der Waals surface area contributed by atoms with Crippen LogP contribution in [0.5, 0.6) is 5.75 Å². The molecule has 0 radical (unpaired) electrons. The van der Waals surface area contributed by atoms with Gasteiger partial charge in [0.25, 0.3) is 0 Å². The summed E-state index contributed by atoms with van der Waals surface area (Å²) >= 11 is 0. The van der Waals surface area contributed by atoms with Crippen LogP contribution in [0.2, 0.25) is 0 Å². The Bertz CT molecular complexity index is 1100. The topological polar surface area (TPSA) is 47.4 Å². The van der Waals surface area contributed by atoms with Crippen molar-refractivity contribution >= 4 is 11.5 Å². The number of ether oxygens (including phenoxy) is 1. The van der Waals surface area contributed by atoms with Crippen LogP contribution in [0.15, 0.2) is 60.8 Å². The van der Waals surface area contributed by atoms with Gasteiger partial charge in [0.2, 0.25) is 5.91 Å². The normalized spacial score (nSPS) is 15.2. The van der Waals surface area contributed by atoms with Gasteiger partial charge >= 0.3 is 0 Å². The molecule has 5 rings (SSSR count). The van der Waals surface area contributed by atoms with Crippen LogP contribution in [0.1, 0.15) is 23.1 Å². The third-order valence-electron chi connectivity index (χ3n) is 5.68. The summed E-state index contributed by atoms with van der Waals surface area (Å²) in [5, 5.41) is 4.50. The molecule has 146 valence electrons. The molecule has 0 fully saturated rings. The lowest BCUT2D eigenvalue weighted by atomic mass is 9.99. The SMILES string of the molecule is Cc1ccc2c(c1)-c1c(cnn1CC(=O)N1CC=C(c3ccccc3)CC1)CO2. The van der Waals surface area contributed by atoms with Gasteiger partial charge in [-0.3, -0.25) is 9.48 Å². The highest BCUT2D eigenvalue weighted by Gasteiger charge is 2.25. The van der Waals surface area contributed by atoms with Crippen LogP contribution in [0.25, 0.3) is 16.8 Å². The molecular formula is C24H23N3O2. The van der Waals surface area contributed by atoms with Crippen molar-refractivity contribution in [2.75, 3.05) is 13.1 Å². The van der Waals surface area contributed by atoms with Gasteiger partial charge in [-0.2, -0.15) is 5.10 Å². The number of hydrogen-bond donors (Lipinski definition) is 0. The molecule has 1 amide bonds. The van der Waals surface area contributed by atoms with E-state index in [1.807, 2.05) is 34.0 Å². The van der Waals surface area contributed by atoms with Crippen molar-refractivity contribution in [1.82, 2.24) is 14.7 Å². The van der Waals surface area contributed by atoms with Gasteiger partial charge in [-0.1, -0.05) is 48.0 Å². The first-order valence-corrected chi connectivity index (χ1v) is 10.00. The van der Waals surface area contributed by atoms with Crippen molar-refractivity contribution in [2.24, 2.45) is 0 Å². The van der Waals surface area contributed by atoms with Crippen LogP contribution < -0.4 is 4.74 Å². The lowest BCUT2D eigenvalue weighted by Gasteiger charge is -2.27. The third kappa shape index (κ3) is 3.33. The zero-order chi connectivity index (χ0) is 19.8. The molecule has 0 bridgehead atoms. The first-order valence-electron chi connectivity index (χ1n) is 10.00. The zero-order valence-corrected chi connectivity index (χ0v) is 16.5. The number of rotatable bonds is 3. The number of aromatic nitrogens is 2. The van der Waals surface area contributed by atoms with E-state index in [9.17, 15) is 4.79 Å². The van der Waals surface area contributed by atoms with Gasteiger partial charge in [0, 0.05) is 24.2 Å². The third-order valence-corrected chi connectivity index (χ3v) is 5.68. The number of carbonyl (C=O) groups is 1. The van der Waals surface area contributed by atoms with Crippen LogP contribution >= 0.6 is 0 Å². The number of fused-ring (bicyclic) bond motifs is 3. The Balaban J connectivity index is 1.35. The summed E-state index contributed by atoms with van der Waals surface area (Å²) in [4.78, 5) is 14.9. The van der Waals surface area contributed by atoms with E-state index in [0.29, 0.717) is 13.2 Å². The van der Waals surface area contributed by atoms with Crippen molar-refractivity contribution in [3.05, 3.63) is 77.5 Å². The van der Waals surface area contributed by atoms with Crippen molar-refractivity contribution in [3.8, 4) is 17.0 Å². The van der Waals surface area contributed by atoms with Crippen LogP contribution in [0.4, 0.5) is 0 Å². The highest BCUT2D eigenvalue weighted by molar-refractivity contribution is 5.80. The Morgan fingerprint density at radius 2 is 2.03 bits per heavy atom. The van der Waals surface area contributed by atoms with E-state index in [0.717, 1.165) is 41.1 Å². The predicted octanol–water partition coefficient (Wildman–Crippen LogP) is 4.07. The summed E-state index contributed by atoms with van der Waals surface area (Å²) in [6.07, 6.45) is 4.86. The summed E-state index contributed by atoms with van der Waals surface area (Å²) in [5.41, 5.74) is 6.76.